The van der Waals surface area contributed by atoms with Crippen LogP contribution in [0.4, 0.5) is 5.69 Å². The van der Waals surface area contributed by atoms with E-state index in [-0.39, 0.29) is 5.91 Å². The summed E-state index contributed by atoms with van der Waals surface area (Å²) in [6.07, 6.45) is 0.960. The molecule has 3 rings (SSSR count). The minimum atomic E-state index is 0.184. The summed E-state index contributed by atoms with van der Waals surface area (Å²) in [6.45, 7) is 7.81. The number of benzene rings is 2. The highest BCUT2D eigenvalue weighted by Gasteiger charge is 2.24. The highest BCUT2D eigenvalue weighted by atomic mass is 16.2. The number of quaternary nitrogens is 2. The standard InChI is InChI=1S/C23H32N4O/c1-25(22-11-6-3-7-12-22)14-8-13-24-23(28)20-27-17-15-26(16-18-27)19-21-9-4-2-5-10-21/h2-7,9-12H,8,13-20H2,1H3,(H,24,28)/p+2. The van der Waals surface area contributed by atoms with Crippen LogP contribution in [-0.4, -0.2) is 58.8 Å². The van der Waals surface area contributed by atoms with Crippen LogP contribution >= 0.6 is 0 Å². The van der Waals surface area contributed by atoms with E-state index in [0.717, 1.165) is 52.2 Å². The summed E-state index contributed by atoms with van der Waals surface area (Å²) in [7, 11) is 2.10. The number of para-hydroxylation sites is 1. The maximum atomic E-state index is 12.2. The van der Waals surface area contributed by atoms with Crippen molar-refractivity contribution >= 4 is 11.6 Å². The van der Waals surface area contributed by atoms with Crippen molar-refractivity contribution < 1.29 is 14.6 Å². The van der Waals surface area contributed by atoms with E-state index in [2.05, 4.69) is 71.9 Å². The lowest BCUT2D eigenvalue weighted by atomic mass is 10.2. The van der Waals surface area contributed by atoms with Gasteiger partial charge in [0, 0.05) is 31.4 Å². The summed E-state index contributed by atoms with van der Waals surface area (Å²) in [5.41, 5.74) is 2.62. The van der Waals surface area contributed by atoms with E-state index in [1.54, 1.807) is 4.90 Å². The molecule has 0 unspecified atom stereocenters. The molecule has 1 saturated heterocycles. The number of nitrogens with one attached hydrogen (secondary N) is 3. The lowest BCUT2D eigenvalue weighted by Crippen LogP contribution is -3.28. The zero-order valence-corrected chi connectivity index (χ0v) is 17.0. The summed E-state index contributed by atoms with van der Waals surface area (Å²) in [4.78, 5) is 17.5. The second-order valence-corrected chi connectivity index (χ2v) is 7.80. The minimum Gasteiger partial charge on any atom is -0.375 e. The van der Waals surface area contributed by atoms with E-state index in [1.165, 1.54) is 16.2 Å². The Bertz CT molecular complexity index is 699. The zero-order chi connectivity index (χ0) is 19.6. The van der Waals surface area contributed by atoms with Gasteiger partial charge in [-0.1, -0.05) is 48.5 Å². The Hall–Kier alpha value is -2.37. The van der Waals surface area contributed by atoms with Crippen LogP contribution < -0.4 is 20.0 Å². The number of hydrogen-bond donors (Lipinski definition) is 3. The molecule has 0 saturated carbocycles. The number of piperazine rings is 1. The van der Waals surface area contributed by atoms with Crippen LogP contribution in [0.25, 0.3) is 0 Å². The fourth-order valence-electron chi connectivity index (χ4n) is 3.84. The molecule has 0 spiro atoms. The molecule has 1 aliphatic rings. The number of carbonyl (C=O) groups is 1. The molecular formula is C23H34N4O+2. The van der Waals surface area contributed by atoms with Crippen LogP contribution in [-0.2, 0) is 11.3 Å². The monoisotopic (exact) mass is 382 g/mol. The van der Waals surface area contributed by atoms with Crippen molar-refractivity contribution in [2.75, 3.05) is 57.8 Å². The maximum Gasteiger partial charge on any atom is 0.275 e. The van der Waals surface area contributed by atoms with Crippen LogP contribution in [0.3, 0.4) is 0 Å². The van der Waals surface area contributed by atoms with Gasteiger partial charge in [0.05, 0.1) is 0 Å². The van der Waals surface area contributed by atoms with Gasteiger partial charge in [-0.15, -0.1) is 0 Å². The first-order valence-electron chi connectivity index (χ1n) is 10.4. The van der Waals surface area contributed by atoms with Gasteiger partial charge in [0.15, 0.2) is 6.54 Å². The lowest BCUT2D eigenvalue weighted by molar-refractivity contribution is -1.02. The van der Waals surface area contributed by atoms with E-state index >= 15 is 0 Å². The van der Waals surface area contributed by atoms with E-state index < -0.39 is 0 Å². The first-order valence-corrected chi connectivity index (χ1v) is 10.4. The minimum absolute atomic E-state index is 0.184. The van der Waals surface area contributed by atoms with E-state index in [1.807, 2.05) is 6.07 Å². The molecule has 3 N–H and O–H groups in total. The highest BCUT2D eigenvalue weighted by molar-refractivity contribution is 5.76. The van der Waals surface area contributed by atoms with Crippen molar-refractivity contribution in [2.45, 2.75) is 13.0 Å². The van der Waals surface area contributed by atoms with Crippen molar-refractivity contribution in [1.29, 1.82) is 0 Å². The van der Waals surface area contributed by atoms with Crippen LogP contribution in [0.15, 0.2) is 60.7 Å². The Morgan fingerprint density at radius 1 is 0.929 bits per heavy atom. The molecule has 0 aromatic heterocycles. The molecule has 1 fully saturated rings. The molecule has 2 aromatic carbocycles. The number of hydrogen-bond acceptors (Lipinski definition) is 2. The Labute approximate surface area is 168 Å². The third-order valence-electron chi connectivity index (χ3n) is 5.56. The quantitative estimate of drug-likeness (QED) is 0.517. The molecule has 0 bridgehead atoms. The van der Waals surface area contributed by atoms with Gasteiger partial charge in [-0.3, -0.25) is 4.79 Å². The van der Waals surface area contributed by atoms with Crippen LogP contribution in [0.2, 0.25) is 0 Å². The van der Waals surface area contributed by atoms with Gasteiger partial charge in [0.1, 0.15) is 32.7 Å². The molecule has 0 radical (unpaired) electrons. The number of nitrogens with zero attached hydrogens (tertiary/aromatic N) is 1. The smallest absolute Gasteiger partial charge is 0.275 e. The zero-order valence-electron chi connectivity index (χ0n) is 17.0. The molecule has 150 valence electrons. The SMILES string of the molecule is CN(CCCNC(=O)C[NH+]1CC[NH+](Cc2ccccc2)CC1)c1ccccc1. The molecule has 1 amide bonds. The van der Waals surface area contributed by atoms with Crippen molar-refractivity contribution in [2.24, 2.45) is 0 Å². The predicted octanol–water partition coefficient (Wildman–Crippen LogP) is -0.387. The average Bonchev–Trinajstić information content (AvgIpc) is 2.74. The highest BCUT2D eigenvalue weighted by Crippen LogP contribution is 2.10. The van der Waals surface area contributed by atoms with Crippen molar-refractivity contribution in [3.8, 4) is 0 Å². The van der Waals surface area contributed by atoms with Crippen LogP contribution in [0.1, 0.15) is 12.0 Å². The molecule has 0 aliphatic carbocycles. The summed E-state index contributed by atoms with van der Waals surface area (Å²) >= 11 is 0. The first-order chi connectivity index (χ1) is 13.7. The molecule has 1 heterocycles. The summed E-state index contributed by atoms with van der Waals surface area (Å²) in [5, 5.41) is 3.09. The topological polar surface area (TPSA) is 41.2 Å². The van der Waals surface area contributed by atoms with Gasteiger partial charge in [-0.2, -0.15) is 0 Å². The number of anilines is 1. The molecule has 2 aromatic rings. The normalized spacial score (nSPS) is 19.2. The Morgan fingerprint density at radius 3 is 2.21 bits per heavy atom. The molecular weight excluding hydrogens is 348 g/mol. The second-order valence-electron chi connectivity index (χ2n) is 7.80. The van der Waals surface area contributed by atoms with Gasteiger partial charge >= 0.3 is 0 Å². The van der Waals surface area contributed by atoms with Gasteiger partial charge in [0.2, 0.25) is 0 Å². The summed E-state index contributed by atoms with van der Waals surface area (Å²) in [5.74, 6) is 0.184. The third kappa shape index (κ3) is 6.66. The fourth-order valence-corrected chi connectivity index (χ4v) is 3.84. The Balaban J connectivity index is 1.27. The van der Waals surface area contributed by atoms with Crippen LogP contribution in [0.5, 0.6) is 0 Å². The fraction of sp³-hybridized carbons (Fsp3) is 0.435. The molecule has 0 atom stereocenters. The third-order valence-corrected chi connectivity index (χ3v) is 5.56. The molecule has 28 heavy (non-hydrogen) atoms. The molecule has 5 nitrogen and oxygen atoms in total. The van der Waals surface area contributed by atoms with Gasteiger partial charge in [-0.05, 0) is 18.6 Å². The summed E-state index contributed by atoms with van der Waals surface area (Å²) < 4.78 is 0. The Morgan fingerprint density at radius 2 is 1.54 bits per heavy atom. The number of rotatable bonds is 9. The van der Waals surface area contributed by atoms with Crippen molar-refractivity contribution in [1.82, 2.24) is 5.32 Å². The van der Waals surface area contributed by atoms with Crippen LogP contribution in [0, 0.1) is 0 Å². The molecule has 5 heteroatoms. The Kier molecular flexibility index (Phi) is 7.88. The lowest BCUT2D eigenvalue weighted by Gasteiger charge is -2.29. The largest absolute Gasteiger partial charge is 0.375 e. The van der Waals surface area contributed by atoms with Crippen molar-refractivity contribution in [3.05, 3.63) is 66.2 Å². The number of carbonyl (C=O) groups excluding carboxylic acids is 1. The van der Waals surface area contributed by atoms with Crippen molar-refractivity contribution in [3.63, 3.8) is 0 Å². The average molecular weight is 383 g/mol. The van der Waals surface area contributed by atoms with E-state index in [9.17, 15) is 4.79 Å². The predicted molar refractivity (Wildman–Crippen MR) is 114 cm³/mol. The molecule has 1 aliphatic heterocycles. The first kappa shape index (κ1) is 20.4. The summed E-state index contributed by atoms with van der Waals surface area (Å²) in [6, 6.07) is 21.1. The van der Waals surface area contributed by atoms with Gasteiger partial charge < -0.3 is 20.0 Å². The maximum absolute atomic E-state index is 12.2. The van der Waals surface area contributed by atoms with Gasteiger partial charge in [0.25, 0.3) is 5.91 Å². The number of amides is 1. The van der Waals surface area contributed by atoms with Gasteiger partial charge in [-0.25, -0.2) is 0 Å². The van der Waals surface area contributed by atoms with E-state index in [4.69, 9.17) is 0 Å². The van der Waals surface area contributed by atoms with E-state index in [0.29, 0.717) is 6.54 Å². The second kappa shape index (κ2) is 10.8.